The first-order valence-corrected chi connectivity index (χ1v) is 6.97. The van der Waals surface area contributed by atoms with Crippen molar-refractivity contribution in [1.82, 2.24) is 5.32 Å². The van der Waals surface area contributed by atoms with Crippen LogP contribution in [0, 0.1) is 5.41 Å². The van der Waals surface area contributed by atoms with Crippen LogP contribution in [0.4, 0.5) is 0 Å². The molecule has 0 fully saturated rings. The van der Waals surface area contributed by atoms with Crippen molar-refractivity contribution >= 4 is 0 Å². The molecule has 0 saturated heterocycles. The summed E-state index contributed by atoms with van der Waals surface area (Å²) in [4.78, 5) is 0. The molecule has 0 saturated carbocycles. The van der Waals surface area contributed by atoms with Gasteiger partial charge in [-0.25, -0.2) is 0 Å². The quantitative estimate of drug-likeness (QED) is 0.820. The molecule has 0 heterocycles. The van der Waals surface area contributed by atoms with E-state index in [0.717, 1.165) is 6.54 Å². The summed E-state index contributed by atoms with van der Waals surface area (Å²) in [6.07, 6.45) is 1.21. The smallest absolute Gasteiger partial charge is 0.00967 e. The summed E-state index contributed by atoms with van der Waals surface area (Å²) >= 11 is 0. The van der Waals surface area contributed by atoms with Gasteiger partial charge in [0.25, 0.3) is 0 Å². The van der Waals surface area contributed by atoms with Gasteiger partial charge in [0.05, 0.1) is 0 Å². The molecule has 0 spiro atoms. The lowest BCUT2D eigenvalue weighted by Crippen LogP contribution is -2.39. The normalized spacial score (nSPS) is 14.6. The molecule has 0 aliphatic rings. The van der Waals surface area contributed by atoms with E-state index in [9.17, 15) is 0 Å². The predicted molar refractivity (Wildman–Crippen MR) is 81.0 cm³/mol. The molecule has 0 aliphatic heterocycles. The second kappa shape index (κ2) is 5.88. The number of benzene rings is 1. The third kappa shape index (κ3) is 6.20. The fourth-order valence-corrected chi connectivity index (χ4v) is 2.20. The van der Waals surface area contributed by atoms with Gasteiger partial charge in [-0.05, 0) is 44.1 Å². The summed E-state index contributed by atoms with van der Waals surface area (Å²) in [6.45, 7) is 14.7. The van der Waals surface area contributed by atoms with Gasteiger partial charge in [0.2, 0.25) is 0 Å². The van der Waals surface area contributed by atoms with Crippen LogP contribution < -0.4 is 5.32 Å². The van der Waals surface area contributed by atoms with Crippen LogP contribution >= 0.6 is 0 Å². The fraction of sp³-hybridized carbons (Fsp3) is 0.647. The van der Waals surface area contributed by atoms with Crippen LogP contribution in [0.25, 0.3) is 0 Å². The highest BCUT2D eigenvalue weighted by Crippen LogP contribution is 2.31. The number of nitrogens with one attached hydrogen (secondary N) is 1. The van der Waals surface area contributed by atoms with E-state index >= 15 is 0 Å². The first-order valence-electron chi connectivity index (χ1n) is 6.97. The number of hydrogen-bond donors (Lipinski definition) is 1. The molecule has 18 heavy (non-hydrogen) atoms. The summed E-state index contributed by atoms with van der Waals surface area (Å²) in [5.41, 5.74) is 1.99. The zero-order valence-corrected chi connectivity index (χ0v) is 12.9. The first kappa shape index (κ1) is 15.2. The third-order valence-corrected chi connectivity index (χ3v) is 3.01. The molecular formula is C17H29N. The Hall–Kier alpha value is -0.820. The Morgan fingerprint density at radius 3 is 1.94 bits per heavy atom. The predicted octanol–water partition coefficient (Wildman–Crippen LogP) is 4.59. The Morgan fingerprint density at radius 1 is 0.944 bits per heavy atom. The van der Waals surface area contributed by atoms with Gasteiger partial charge in [0, 0.05) is 12.1 Å². The standard InChI is InChI=1S/C17H29N/c1-16(2,3)12-15(13-18-17(4,5)6)14-10-8-7-9-11-14/h7-11,15,18H,12-13H2,1-6H3. The van der Waals surface area contributed by atoms with Gasteiger partial charge in [-0.3, -0.25) is 0 Å². The second-order valence-corrected chi connectivity index (χ2v) is 7.50. The average molecular weight is 247 g/mol. The Kier molecular flexibility index (Phi) is 4.98. The maximum Gasteiger partial charge on any atom is 0.00967 e. The van der Waals surface area contributed by atoms with E-state index in [0.29, 0.717) is 11.3 Å². The molecular weight excluding hydrogens is 218 g/mol. The largest absolute Gasteiger partial charge is 0.311 e. The lowest BCUT2D eigenvalue weighted by molar-refractivity contribution is 0.313. The van der Waals surface area contributed by atoms with Gasteiger partial charge in [0.15, 0.2) is 0 Å². The molecule has 0 aliphatic carbocycles. The summed E-state index contributed by atoms with van der Waals surface area (Å²) in [5, 5.41) is 3.64. The molecule has 1 heteroatoms. The van der Waals surface area contributed by atoms with Crippen LogP contribution in [0.3, 0.4) is 0 Å². The minimum atomic E-state index is 0.185. The van der Waals surface area contributed by atoms with Gasteiger partial charge >= 0.3 is 0 Å². The summed E-state index contributed by atoms with van der Waals surface area (Å²) < 4.78 is 0. The van der Waals surface area contributed by atoms with Crippen molar-refractivity contribution in [1.29, 1.82) is 0 Å². The highest BCUT2D eigenvalue weighted by atomic mass is 14.9. The molecule has 0 radical (unpaired) electrons. The van der Waals surface area contributed by atoms with Gasteiger partial charge < -0.3 is 5.32 Å². The van der Waals surface area contributed by atoms with Crippen LogP contribution in [0.1, 0.15) is 59.4 Å². The number of rotatable bonds is 4. The van der Waals surface area contributed by atoms with Gasteiger partial charge in [0.1, 0.15) is 0 Å². The molecule has 1 atom stereocenters. The van der Waals surface area contributed by atoms with Crippen LogP contribution in [0.5, 0.6) is 0 Å². The van der Waals surface area contributed by atoms with Crippen molar-refractivity contribution in [3.8, 4) is 0 Å². The lowest BCUT2D eigenvalue weighted by atomic mass is 9.81. The number of hydrogen-bond acceptors (Lipinski definition) is 1. The van der Waals surface area contributed by atoms with Crippen molar-refractivity contribution in [3.63, 3.8) is 0 Å². The molecule has 1 unspecified atom stereocenters. The maximum absolute atomic E-state index is 3.64. The average Bonchev–Trinajstić information content (AvgIpc) is 2.23. The Morgan fingerprint density at radius 2 is 1.50 bits per heavy atom. The van der Waals surface area contributed by atoms with E-state index in [4.69, 9.17) is 0 Å². The van der Waals surface area contributed by atoms with Crippen LogP contribution in [0.2, 0.25) is 0 Å². The Labute approximate surface area is 113 Å². The zero-order valence-electron chi connectivity index (χ0n) is 12.9. The molecule has 1 rings (SSSR count). The SMILES string of the molecule is CC(C)(C)CC(CNC(C)(C)C)c1ccccc1. The van der Waals surface area contributed by atoms with Crippen LogP contribution in [-0.4, -0.2) is 12.1 Å². The van der Waals surface area contributed by atoms with E-state index in [1.54, 1.807) is 0 Å². The zero-order chi connectivity index (χ0) is 13.8. The van der Waals surface area contributed by atoms with Crippen molar-refractivity contribution in [2.75, 3.05) is 6.54 Å². The van der Waals surface area contributed by atoms with Crippen molar-refractivity contribution in [3.05, 3.63) is 35.9 Å². The molecule has 1 nitrogen and oxygen atoms in total. The van der Waals surface area contributed by atoms with E-state index in [1.807, 2.05) is 0 Å². The summed E-state index contributed by atoms with van der Waals surface area (Å²) in [6, 6.07) is 10.9. The molecule has 1 aromatic rings. The van der Waals surface area contributed by atoms with Gasteiger partial charge in [-0.1, -0.05) is 51.1 Å². The van der Waals surface area contributed by atoms with E-state index in [-0.39, 0.29) is 5.54 Å². The Bertz CT molecular complexity index is 340. The van der Waals surface area contributed by atoms with Crippen molar-refractivity contribution in [2.45, 2.75) is 59.4 Å². The van der Waals surface area contributed by atoms with Crippen molar-refractivity contribution in [2.24, 2.45) is 5.41 Å². The first-order chi connectivity index (χ1) is 8.17. The fourth-order valence-electron chi connectivity index (χ4n) is 2.20. The van der Waals surface area contributed by atoms with E-state index in [2.05, 4.69) is 77.2 Å². The van der Waals surface area contributed by atoms with E-state index in [1.165, 1.54) is 12.0 Å². The van der Waals surface area contributed by atoms with Gasteiger partial charge in [-0.2, -0.15) is 0 Å². The lowest BCUT2D eigenvalue weighted by Gasteiger charge is -2.30. The summed E-state index contributed by atoms with van der Waals surface area (Å²) in [7, 11) is 0. The third-order valence-electron chi connectivity index (χ3n) is 3.01. The monoisotopic (exact) mass is 247 g/mol. The van der Waals surface area contributed by atoms with E-state index < -0.39 is 0 Å². The highest BCUT2D eigenvalue weighted by molar-refractivity contribution is 5.20. The molecule has 0 aromatic heterocycles. The highest BCUT2D eigenvalue weighted by Gasteiger charge is 2.21. The molecule has 1 N–H and O–H groups in total. The second-order valence-electron chi connectivity index (χ2n) is 7.50. The molecule has 102 valence electrons. The Balaban J connectivity index is 2.76. The maximum atomic E-state index is 3.64. The van der Waals surface area contributed by atoms with Gasteiger partial charge in [-0.15, -0.1) is 0 Å². The van der Waals surface area contributed by atoms with Crippen molar-refractivity contribution < 1.29 is 0 Å². The minimum Gasteiger partial charge on any atom is -0.311 e. The molecule has 0 bridgehead atoms. The van der Waals surface area contributed by atoms with Crippen LogP contribution in [0.15, 0.2) is 30.3 Å². The molecule has 1 aromatic carbocycles. The minimum absolute atomic E-state index is 0.185. The topological polar surface area (TPSA) is 12.0 Å². The summed E-state index contributed by atoms with van der Waals surface area (Å²) in [5.74, 6) is 0.588. The van der Waals surface area contributed by atoms with Crippen LogP contribution in [-0.2, 0) is 0 Å². The molecule has 0 amide bonds.